The van der Waals surface area contributed by atoms with Gasteiger partial charge in [-0.2, -0.15) is 0 Å². The van der Waals surface area contributed by atoms with Crippen molar-refractivity contribution in [2.45, 2.75) is 24.8 Å². The Kier molecular flexibility index (Phi) is 2.36. The molecule has 0 saturated carbocycles. The van der Waals surface area contributed by atoms with Gasteiger partial charge in [0.1, 0.15) is 0 Å². The summed E-state index contributed by atoms with van der Waals surface area (Å²) in [6, 6.07) is 7.00. The van der Waals surface area contributed by atoms with E-state index in [1.807, 2.05) is 11.9 Å². The third-order valence-corrected chi connectivity index (χ3v) is 4.88. The van der Waals surface area contributed by atoms with Crippen LogP contribution in [0.1, 0.15) is 24.3 Å². The fraction of sp³-hybridized carbons (Fsp3) is 0.533. The summed E-state index contributed by atoms with van der Waals surface area (Å²) < 4.78 is 0. The van der Waals surface area contributed by atoms with Crippen LogP contribution < -0.4 is 15.1 Å². The second-order valence-electron chi connectivity index (χ2n) is 5.78. The van der Waals surface area contributed by atoms with E-state index in [1.165, 1.54) is 17.7 Å². The van der Waals surface area contributed by atoms with E-state index in [9.17, 15) is 4.79 Å². The largest absolute Gasteiger partial charge is 0.365 e. The Morgan fingerprint density at radius 2 is 2.26 bits per heavy atom. The molecular formula is C15H19N3O. The first kappa shape index (κ1) is 11.3. The number of hydrogen-bond donors (Lipinski definition) is 1. The van der Waals surface area contributed by atoms with E-state index in [-0.39, 0.29) is 5.91 Å². The molecule has 0 aromatic heterocycles. The lowest BCUT2D eigenvalue weighted by Crippen LogP contribution is -2.44. The maximum absolute atomic E-state index is 12.1. The fourth-order valence-electron chi connectivity index (χ4n) is 3.93. The van der Waals surface area contributed by atoms with Crippen molar-refractivity contribution in [3.63, 3.8) is 0 Å². The molecule has 3 aliphatic rings. The average molecular weight is 257 g/mol. The normalized spacial score (nSPS) is 29.0. The minimum Gasteiger partial charge on any atom is -0.365 e. The topological polar surface area (TPSA) is 35.6 Å². The lowest BCUT2D eigenvalue weighted by atomic mass is 9.90. The monoisotopic (exact) mass is 257 g/mol. The van der Waals surface area contributed by atoms with Gasteiger partial charge < -0.3 is 15.1 Å². The number of para-hydroxylation sites is 1. The van der Waals surface area contributed by atoms with E-state index in [2.05, 4.69) is 28.4 Å². The van der Waals surface area contributed by atoms with Crippen molar-refractivity contribution in [3.8, 4) is 0 Å². The molecule has 0 radical (unpaired) electrons. The molecule has 0 spiro atoms. The Morgan fingerprint density at radius 3 is 3.16 bits per heavy atom. The zero-order chi connectivity index (χ0) is 13.0. The van der Waals surface area contributed by atoms with Gasteiger partial charge in [-0.15, -0.1) is 0 Å². The minimum absolute atomic E-state index is 0.230. The molecular weight excluding hydrogens is 238 g/mol. The number of amides is 1. The summed E-state index contributed by atoms with van der Waals surface area (Å²) in [7, 11) is 1.90. The first-order chi connectivity index (χ1) is 9.27. The first-order valence-corrected chi connectivity index (χ1v) is 7.14. The third-order valence-electron chi connectivity index (χ3n) is 4.88. The molecule has 2 atom stereocenters. The number of carbonyl (C=O) groups is 1. The molecule has 1 amide bonds. The second kappa shape index (κ2) is 3.97. The van der Waals surface area contributed by atoms with Gasteiger partial charge in [0.25, 0.3) is 0 Å². The van der Waals surface area contributed by atoms with Crippen molar-refractivity contribution in [2.24, 2.45) is 0 Å². The number of benzene rings is 1. The molecule has 4 rings (SSSR count). The lowest BCUT2D eigenvalue weighted by Gasteiger charge is -2.33. The minimum atomic E-state index is 0.230. The third kappa shape index (κ3) is 1.46. The van der Waals surface area contributed by atoms with Crippen LogP contribution >= 0.6 is 0 Å². The molecule has 1 saturated heterocycles. The van der Waals surface area contributed by atoms with Crippen LogP contribution in [0.25, 0.3) is 0 Å². The zero-order valence-electron chi connectivity index (χ0n) is 11.2. The molecule has 4 nitrogen and oxygen atoms in total. The summed E-state index contributed by atoms with van der Waals surface area (Å²) in [5.41, 5.74) is 3.83. The Hall–Kier alpha value is -1.55. The Bertz CT molecular complexity index is 542. The van der Waals surface area contributed by atoms with Crippen molar-refractivity contribution < 1.29 is 4.79 Å². The van der Waals surface area contributed by atoms with Gasteiger partial charge in [0.05, 0.1) is 11.4 Å². The highest BCUT2D eigenvalue weighted by molar-refractivity contribution is 5.99. The molecule has 1 aromatic carbocycles. The van der Waals surface area contributed by atoms with Gasteiger partial charge in [-0.1, -0.05) is 12.1 Å². The van der Waals surface area contributed by atoms with Crippen LogP contribution in [0, 0.1) is 0 Å². The summed E-state index contributed by atoms with van der Waals surface area (Å²) in [4.78, 5) is 16.4. The van der Waals surface area contributed by atoms with Gasteiger partial charge in [0.2, 0.25) is 5.91 Å². The Balaban J connectivity index is 1.90. The van der Waals surface area contributed by atoms with E-state index in [4.69, 9.17) is 0 Å². The van der Waals surface area contributed by atoms with Crippen molar-refractivity contribution in [3.05, 3.63) is 23.8 Å². The van der Waals surface area contributed by atoms with E-state index in [0.717, 1.165) is 25.3 Å². The van der Waals surface area contributed by atoms with E-state index in [0.29, 0.717) is 18.4 Å². The van der Waals surface area contributed by atoms with E-state index >= 15 is 0 Å². The highest BCUT2D eigenvalue weighted by Crippen LogP contribution is 2.48. The van der Waals surface area contributed by atoms with E-state index in [1.54, 1.807) is 0 Å². The summed E-state index contributed by atoms with van der Waals surface area (Å²) in [6.07, 6.45) is 1.80. The highest BCUT2D eigenvalue weighted by Gasteiger charge is 2.42. The number of piperidine rings is 1. The summed E-state index contributed by atoms with van der Waals surface area (Å²) in [5.74, 6) is 0.818. The number of nitrogens with zero attached hydrogens (tertiary/aromatic N) is 2. The quantitative estimate of drug-likeness (QED) is 0.761. The van der Waals surface area contributed by atoms with Crippen molar-refractivity contribution in [2.75, 3.05) is 36.5 Å². The van der Waals surface area contributed by atoms with Gasteiger partial charge in [0.15, 0.2) is 0 Å². The van der Waals surface area contributed by atoms with Crippen molar-refractivity contribution in [1.29, 1.82) is 0 Å². The number of rotatable bonds is 0. The van der Waals surface area contributed by atoms with Gasteiger partial charge in [-0.25, -0.2) is 0 Å². The van der Waals surface area contributed by atoms with Crippen LogP contribution in [0.3, 0.4) is 0 Å². The smallest absolute Gasteiger partial charge is 0.228 e. The lowest BCUT2D eigenvalue weighted by molar-refractivity contribution is -0.118. The molecule has 100 valence electrons. The molecule has 0 bridgehead atoms. The highest BCUT2D eigenvalue weighted by atomic mass is 16.2. The zero-order valence-corrected chi connectivity index (χ0v) is 11.2. The summed E-state index contributed by atoms with van der Waals surface area (Å²) in [5, 5.41) is 3.51. The van der Waals surface area contributed by atoms with Crippen LogP contribution in [-0.4, -0.2) is 38.6 Å². The van der Waals surface area contributed by atoms with Gasteiger partial charge in [-0.05, 0) is 24.6 Å². The summed E-state index contributed by atoms with van der Waals surface area (Å²) in [6.45, 7) is 3.02. The number of anilines is 2. The SMILES string of the molecule is CN1C(=O)CCN2c3c(cccc31)[C@@H]1CNCC[C@@H]12. The second-order valence-corrected chi connectivity index (χ2v) is 5.78. The van der Waals surface area contributed by atoms with Gasteiger partial charge in [-0.3, -0.25) is 4.79 Å². The molecule has 3 aliphatic heterocycles. The van der Waals surface area contributed by atoms with Crippen LogP contribution in [-0.2, 0) is 4.79 Å². The molecule has 19 heavy (non-hydrogen) atoms. The summed E-state index contributed by atoms with van der Waals surface area (Å²) >= 11 is 0. The van der Waals surface area contributed by atoms with E-state index < -0.39 is 0 Å². The maximum atomic E-state index is 12.1. The number of nitrogens with one attached hydrogen (secondary N) is 1. The maximum Gasteiger partial charge on any atom is 0.228 e. The molecule has 3 heterocycles. The number of fused-ring (bicyclic) bond motifs is 3. The standard InChI is InChI=1S/C15H19N3O/c1-17-13-4-2-3-10-11-9-16-7-5-12(11)18(15(10)13)8-6-14(17)19/h2-4,11-12,16H,5-9H2,1H3/t11-,12-/m0/s1. The van der Waals surface area contributed by atoms with Gasteiger partial charge in [0, 0.05) is 38.5 Å². The molecule has 0 aliphatic carbocycles. The predicted octanol–water partition coefficient (Wildman–Crippen LogP) is 1.32. The molecule has 0 unspecified atom stereocenters. The van der Waals surface area contributed by atoms with Gasteiger partial charge >= 0.3 is 0 Å². The van der Waals surface area contributed by atoms with Crippen LogP contribution in [0.2, 0.25) is 0 Å². The van der Waals surface area contributed by atoms with Crippen LogP contribution in [0.4, 0.5) is 11.4 Å². The Labute approximate surface area is 113 Å². The molecule has 1 fully saturated rings. The van der Waals surface area contributed by atoms with Crippen molar-refractivity contribution in [1.82, 2.24) is 5.32 Å². The molecule has 1 aromatic rings. The molecule has 1 N–H and O–H groups in total. The molecule has 4 heteroatoms. The van der Waals surface area contributed by atoms with Crippen molar-refractivity contribution >= 4 is 17.3 Å². The number of carbonyl (C=O) groups excluding carboxylic acids is 1. The Morgan fingerprint density at radius 1 is 1.37 bits per heavy atom. The predicted molar refractivity (Wildman–Crippen MR) is 75.8 cm³/mol. The first-order valence-electron chi connectivity index (χ1n) is 7.14. The van der Waals surface area contributed by atoms with Crippen LogP contribution in [0.5, 0.6) is 0 Å². The number of hydrogen-bond acceptors (Lipinski definition) is 3. The average Bonchev–Trinajstić information content (AvgIpc) is 2.71. The fourth-order valence-corrected chi connectivity index (χ4v) is 3.93. The van der Waals surface area contributed by atoms with Crippen LogP contribution in [0.15, 0.2) is 18.2 Å².